The summed E-state index contributed by atoms with van der Waals surface area (Å²) in [6.07, 6.45) is 0.925. The molecule has 20 heavy (non-hydrogen) atoms. The Labute approximate surface area is 131 Å². The van der Waals surface area contributed by atoms with Crippen molar-refractivity contribution in [1.29, 1.82) is 0 Å². The standard InChI is InChI=1S/C17H27BrFN/c1-12(2)17(6,11-20-16(3,4)5)10-13-7-8-14(19)9-15(13)18/h7-9,12,20H,10-11H2,1-6H3. The van der Waals surface area contributed by atoms with Crippen molar-refractivity contribution in [2.24, 2.45) is 11.3 Å². The van der Waals surface area contributed by atoms with Gasteiger partial charge in [-0.25, -0.2) is 4.39 Å². The van der Waals surface area contributed by atoms with E-state index in [-0.39, 0.29) is 16.8 Å². The van der Waals surface area contributed by atoms with Crippen molar-refractivity contribution >= 4 is 15.9 Å². The van der Waals surface area contributed by atoms with Crippen LogP contribution in [0.5, 0.6) is 0 Å². The Balaban J connectivity index is 2.91. The number of hydrogen-bond acceptors (Lipinski definition) is 1. The van der Waals surface area contributed by atoms with Crippen molar-refractivity contribution < 1.29 is 4.39 Å². The van der Waals surface area contributed by atoms with Gasteiger partial charge in [0.05, 0.1) is 0 Å². The molecule has 0 saturated carbocycles. The van der Waals surface area contributed by atoms with Gasteiger partial charge in [0, 0.05) is 16.6 Å². The monoisotopic (exact) mass is 343 g/mol. The predicted octanol–water partition coefficient (Wildman–Crippen LogP) is 5.18. The van der Waals surface area contributed by atoms with Crippen LogP contribution in [0.2, 0.25) is 0 Å². The van der Waals surface area contributed by atoms with Gasteiger partial charge in [-0.3, -0.25) is 0 Å². The molecule has 3 heteroatoms. The molecule has 0 spiro atoms. The van der Waals surface area contributed by atoms with E-state index in [1.807, 2.05) is 6.07 Å². The smallest absolute Gasteiger partial charge is 0.124 e. The second-order valence-corrected chi connectivity index (χ2v) is 8.18. The number of hydrogen-bond donors (Lipinski definition) is 1. The first-order valence-corrected chi connectivity index (χ1v) is 8.02. The minimum atomic E-state index is -0.195. The van der Waals surface area contributed by atoms with Gasteiger partial charge in [0.1, 0.15) is 5.82 Å². The van der Waals surface area contributed by atoms with E-state index in [2.05, 4.69) is 62.8 Å². The van der Waals surface area contributed by atoms with Gasteiger partial charge in [0.25, 0.3) is 0 Å². The van der Waals surface area contributed by atoms with Gasteiger partial charge in [0.15, 0.2) is 0 Å². The van der Waals surface area contributed by atoms with Crippen LogP contribution >= 0.6 is 15.9 Å². The molecule has 0 radical (unpaired) electrons. The Morgan fingerprint density at radius 3 is 2.25 bits per heavy atom. The van der Waals surface area contributed by atoms with Gasteiger partial charge in [-0.05, 0) is 56.2 Å². The molecular weight excluding hydrogens is 317 g/mol. The van der Waals surface area contributed by atoms with Gasteiger partial charge in [0.2, 0.25) is 0 Å². The maximum atomic E-state index is 13.2. The second-order valence-electron chi connectivity index (χ2n) is 7.32. The minimum absolute atomic E-state index is 0.107. The Morgan fingerprint density at radius 2 is 1.80 bits per heavy atom. The molecule has 0 aliphatic heterocycles. The topological polar surface area (TPSA) is 12.0 Å². The van der Waals surface area contributed by atoms with Crippen LogP contribution in [0.3, 0.4) is 0 Å². The zero-order valence-corrected chi connectivity index (χ0v) is 15.1. The molecule has 0 saturated heterocycles. The third-order valence-corrected chi connectivity index (χ3v) is 4.76. The summed E-state index contributed by atoms with van der Waals surface area (Å²) >= 11 is 3.48. The highest BCUT2D eigenvalue weighted by Crippen LogP contribution is 2.34. The van der Waals surface area contributed by atoms with Gasteiger partial charge in [-0.2, -0.15) is 0 Å². The summed E-state index contributed by atoms with van der Waals surface area (Å²) in [4.78, 5) is 0. The van der Waals surface area contributed by atoms with Crippen molar-refractivity contribution in [3.8, 4) is 0 Å². The molecule has 0 aromatic heterocycles. The molecule has 0 bridgehead atoms. The Hall–Kier alpha value is -0.410. The van der Waals surface area contributed by atoms with E-state index in [1.165, 1.54) is 11.6 Å². The molecule has 1 rings (SSSR count). The summed E-state index contributed by atoms with van der Waals surface area (Å²) in [5.74, 6) is 0.342. The molecule has 0 amide bonds. The molecule has 0 fully saturated rings. The van der Waals surface area contributed by atoms with Crippen LogP contribution in [0.1, 0.15) is 47.1 Å². The first-order chi connectivity index (χ1) is 9.03. The fraction of sp³-hybridized carbons (Fsp3) is 0.647. The van der Waals surface area contributed by atoms with E-state index >= 15 is 0 Å². The lowest BCUT2D eigenvalue weighted by Crippen LogP contribution is -2.45. The molecule has 1 nitrogen and oxygen atoms in total. The largest absolute Gasteiger partial charge is 0.312 e. The number of halogens is 2. The second kappa shape index (κ2) is 6.57. The lowest BCUT2D eigenvalue weighted by molar-refractivity contribution is 0.187. The highest BCUT2D eigenvalue weighted by molar-refractivity contribution is 9.10. The quantitative estimate of drug-likeness (QED) is 0.776. The third-order valence-electron chi connectivity index (χ3n) is 4.03. The molecule has 1 aromatic rings. The van der Waals surface area contributed by atoms with E-state index in [4.69, 9.17) is 0 Å². The van der Waals surface area contributed by atoms with E-state index in [9.17, 15) is 4.39 Å². The Bertz CT molecular complexity index is 451. The normalized spacial score (nSPS) is 15.4. The van der Waals surface area contributed by atoms with Crippen LogP contribution in [0.15, 0.2) is 22.7 Å². The Kier molecular flexibility index (Phi) is 5.79. The Morgan fingerprint density at radius 1 is 1.20 bits per heavy atom. The first-order valence-electron chi connectivity index (χ1n) is 7.22. The highest BCUT2D eigenvalue weighted by atomic mass is 79.9. The minimum Gasteiger partial charge on any atom is -0.312 e. The summed E-state index contributed by atoms with van der Waals surface area (Å²) in [6, 6.07) is 4.97. The summed E-state index contributed by atoms with van der Waals surface area (Å²) in [5.41, 5.74) is 1.40. The summed E-state index contributed by atoms with van der Waals surface area (Å²) in [7, 11) is 0. The molecule has 1 atom stereocenters. The van der Waals surface area contributed by atoms with E-state index in [1.54, 1.807) is 6.07 Å². The van der Waals surface area contributed by atoms with Crippen LogP contribution in [0.25, 0.3) is 0 Å². The van der Waals surface area contributed by atoms with Crippen LogP contribution in [0.4, 0.5) is 4.39 Å². The van der Waals surface area contributed by atoms with Crippen molar-refractivity contribution in [2.45, 2.75) is 53.5 Å². The molecule has 1 unspecified atom stereocenters. The number of rotatable bonds is 5. The van der Waals surface area contributed by atoms with Gasteiger partial charge >= 0.3 is 0 Å². The average Bonchev–Trinajstić information content (AvgIpc) is 2.29. The fourth-order valence-corrected chi connectivity index (χ4v) is 2.53. The lowest BCUT2D eigenvalue weighted by atomic mass is 9.74. The van der Waals surface area contributed by atoms with Crippen LogP contribution in [-0.4, -0.2) is 12.1 Å². The molecule has 114 valence electrons. The first kappa shape index (κ1) is 17.6. The van der Waals surface area contributed by atoms with E-state index in [0.29, 0.717) is 5.92 Å². The predicted molar refractivity (Wildman–Crippen MR) is 88.5 cm³/mol. The molecule has 0 aliphatic rings. The van der Waals surface area contributed by atoms with Gasteiger partial charge in [-0.15, -0.1) is 0 Å². The third kappa shape index (κ3) is 5.17. The van der Waals surface area contributed by atoms with Crippen molar-refractivity contribution in [1.82, 2.24) is 5.32 Å². The molecule has 0 aliphatic carbocycles. The van der Waals surface area contributed by atoms with Gasteiger partial charge in [-0.1, -0.05) is 42.8 Å². The van der Waals surface area contributed by atoms with E-state index in [0.717, 1.165) is 17.4 Å². The average molecular weight is 344 g/mol. The fourth-order valence-electron chi connectivity index (χ4n) is 2.04. The molecule has 1 aromatic carbocycles. The SMILES string of the molecule is CC(C)C(C)(CNC(C)(C)C)Cc1ccc(F)cc1Br. The van der Waals surface area contributed by atoms with Crippen LogP contribution in [-0.2, 0) is 6.42 Å². The molecular formula is C17H27BrFN. The maximum absolute atomic E-state index is 13.2. The van der Waals surface area contributed by atoms with Crippen molar-refractivity contribution in [3.05, 3.63) is 34.1 Å². The number of benzene rings is 1. The van der Waals surface area contributed by atoms with Crippen LogP contribution in [0, 0.1) is 17.2 Å². The molecule has 0 heterocycles. The zero-order chi connectivity index (χ0) is 15.6. The number of nitrogens with one attached hydrogen (secondary N) is 1. The van der Waals surface area contributed by atoms with Crippen molar-refractivity contribution in [3.63, 3.8) is 0 Å². The van der Waals surface area contributed by atoms with Crippen LogP contribution < -0.4 is 5.32 Å². The zero-order valence-electron chi connectivity index (χ0n) is 13.5. The lowest BCUT2D eigenvalue weighted by Gasteiger charge is -2.37. The summed E-state index contributed by atoms with van der Waals surface area (Å²) in [5, 5.41) is 3.61. The van der Waals surface area contributed by atoms with E-state index < -0.39 is 0 Å². The maximum Gasteiger partial charge on any atom is 0.124 e. The van der Waals surface area contributed by atoms with Crippen molar-refractivity contribution in [2.75, 3.05) is 6.54 Å². The summed E-state index contributed by atoms with van der Waals surface area (Å²) < 4.78 is 14.1. The molecule has 1 N–H and O–H groups in total. The van der Waals surface area contributed by atoms with Gasteiger partial charge < -0.3 is 5.32 Å². The highest BCUT2D eigenvalue weighted by Gasteiger charge is 2.30. The summed E-state index contributed by atoms with van der Waals surface area (Å²) in [6.45, 7) is 14.3.